The van der Waals surface area contributed by atoms with E-state index in [-0.39, 0.29) is 20.0 Å². The lowest BCUT2D eigenvalue weighted by Gasteiger charge is -2.25. The third kappa shape index (κ3) is 6.13. The first-order valence-corrected chi connectivity index (χ1v) is 14.7. The number of hydrogen-bond donors (Lipinski definition) is 2. The molecular formula is C22H26F2I2N10O6. The summed E-state index contributed by atoms with van der Waals surface area (Å²) in [5, 5.41) is 7.16. The zero-order valence-corrected chi connectivity index (χ0v) is 26.9. The summed E-state index contributed by atoms with van der Waals surface area (Å²) >= 11 is 3.47. The molecule has 2 aliphatic rings. The van der Waals surface area contributed by atoms with Crippen molar-refractivity contribution < 1.29 is 18.3 Å². The zero-order valence-electron chi connectivity index (χ0n) is 22.6. The molecule has 0 spiro atoms. The average Bonchev–Trinajstić information content (AvgIpc) is 3.34. The largest absolute Gasteiger partial charge is 0.342 e. The highest BCUT2D eigenvalue weighted by atomic mass is 127. The second-order valence-corrected chi connectivity index (χ2v) is 11.9. The van der Waals surface area contributed by atoms with Gasteiger partial charge in [0, 0.05) is 34.1 Å². The minimum atomic E-state index is -1.55. The number of hydrogen-bond acceptors (Lipinski definition) is 8. The first kappa shape index (κ1) is 33.7. The third-order valence-corrected chi connectivity index (χ3v) is 8.95. The minimum absolute atomic E-state index is 0.230. The van der Waals surface area contributed by atoms with Crippen LogP contribution < -0.4 is 22.5 Å². The van der Waals surface area contributed by atoms with E-state index < -0.39 is 70.6 Å². The molecule has 2 aliphatic heterocycles. The lowest BCUT2D eigenvalue weighted by atomic mass is 9.94. The van der Waals surface area contributed by atoms with Gasteiger partial charge in [0.05, 0.1) is 7.14 Å². The number of azide groups is 2. The first-order chi connectivity index (χ1) is 19.7. The van der Waals surface area contributed by atoms with Crippen molar-refractivity contribution in [2.24, 2.45) is 22.1 Å². The summed E-state index contributed by atoms with van der Waals surface area (Å²) in [5.41, 5.74) is 12.0. The van der Waals surface area contributed by atoms with Gasteiger partial charge in [0.1, 0.15) is 0 Å². The molecule has 20 heteroatoms. The third-order valence-electron chi connectivity index (χ3n) is 7.41. The van der Waals surface area contributed by atoms with E-state index in [1.807, 2.05) is 0 Å². The Hall–Kier alpha value is -2.78. The molecule has 4 heterocycles. The smallest absolute Gasteiger partial charge is 0.330 e. The number of halogens is 4. The van der Waals surface area contributed by atoms with E-state index in [0.717, 1.165) is 9.13 Å². The second kappa shape index (κ2) is 13.2. The van der Waals surface area contributed by atoms with Crippen LogP contribution in [0.4, 0.5) is 8.78 Å². The fourth-order valence-electron chi connectivity index (χ4n) is 4.81. The number of rotatable bonds is 6. The lowest BCUT2D eigenvalue weighted by Crippen LogP contribution is -2.36. The highest BCUT2D eigenvalue weighted by Crippen LogP contribution is 2.46. The van der Waals surface area contributed by atoms with E-state index in [4.69, 9.17) is 20.5 Å². The van der Waals surface area contributed by atoms with Crippen LogP contribution in [0.1, 0.15) is 53.0 Å². The summed E-state index contributed by atoms with van der Waals surface area (Å²) in [5.74, 6) is -1.44. The number of nitrogens with one attached hydrogen (secondary N) is 2. The Morgan fingerprint density at radius 2 is 1.17 bits per heavy atom. The molecule has 2 aromatic heterocycles. The summed E-state index contributed by atoms with van der Waals surface area (Å²) in [6.07, 6.45) is -2.59. The Morgan fingerprint density at radius 3 is 1.45 bits per heavy atom. The van der Waals surface area contributed by atoms with Gasteiger partial charge in [-0.25, -0.2) is 18.4 Å². The van der Waals surface area contributed by atoms with Crippen LogP contribution in [0.25, 0.3) is 20.9 Å². The standard InChI is InChI=1S/2C11H13FIN5O3/c2*1-3-11(16-17-14)5(2)7(12)9(21-11)18-4-6(13)8(19)15-10(18)20/h2*4-5,7,9H,3H2,1-2H3,(H,15,19,20)/t2*5-,7-,9+,11+/m00/s1. The number of ether oxygens (including phenoxy) is 2. The molecule has 2 saturated heterocycles. The molecule has 0 unspecified atom stereocenters. The second-order valence-electron chi connectivity index (χ2n) is 9.55. The molecule has 4 rings (SSSR count). The molecule has 2 fully saturated rings. The highest BCUT2D eigenvalue weighted by Gasteiger charge is 2.54. The molecule has 0 amide bonds. The van der Waals surface area contributed by atoms with Crippen molar-refractivity contribution in [2.45, 2.75) is 76.8 Å². The quantitative estimate of drug-likeness (QED) is 0.189. The lowest BCUT2D eigenvalue weighted by molar-refractivity contribution is -0.0880. The molecule has 228 valence electrons. The van der Waals surface area contributed by atoms with Crippen molar-refractivity contribution in [3.8, 4) is 0 Å². The molecule has 0 bridgehead atoms. The summed E-state index contributed by atoms with van der Waals surface area (Å²) < 4.78 is 42.6. The van der Waals surface area contributed by atoms with Crippen LogP contribution in [0, 0.1) is 19.0 Å². The predicted molar refractivity (Wildman–Crippen MR) is 161 cm³/mol. The van der Waals surface area contributed by atoms with Crippen molar-refractivity contribution in [3.63, 3.8) is 0 Å². The maximum absolute atomic E-state index is 14.5. The summed E-state index contributed by atoms with van der Waals surface area (Å²) in [7, 11) is 0. The van der Waals surface area contributed by atoms with Gasteiger partial charge < -0.3 is 9.47 Å². The maximum Gasteiger partial charge on any atom is 0.330 e. The summed E-state index contributed by atoms with van der Waals surface area (Å²) in [6, 6.07) is 0. The van der Waals surface area contributed by atoms with Gasteiger partial charge in [-0.2, -0.15) is 0 Å². The number of alkyl halides is 2. The van der Waals surface area contributed by atoms with Crippen LogP contribution >= 0.6 is 45.2 Å². The van der Waals surface area contributed by atoms with E-state index in [1.54, 1.807) is 72.9 Å². The van der Waals surface area contributed by atoms with Gasteiger partial charge >= 0.3 is 11.4 Å². The van der Waals surface area contributed by atoms with E-state index in [9.17, 15) is 28.0 Å². The SMILES string of the molecule is CC[C@@]1(N=[N+]=[N-])O[C@@H](n2cc(I)c(=O)[nH]c2=O)[C@@H](F)[C@@H]1C.CC[C@@]1(N=[N+]=[N-])O[C@@H](n2cc(I)c(=O)[nH]c2=O)[C@@H](F)[C@@H]1C. The van der Waals surface area contributed by atoms with E-state index in [2.05, 4.69) is 30.0 Å². The summed E-state index contributed by atoms with van der Waals surface area (Å²) in [6.45, 7) is 6.54. The van der Waals surface area contributed by atoms with Gasteiger partial charge in [-0.1, -0.05) is 37.9 Å². The average molecular weight is 818 g/mol. The predicted octanol–water partition coefficient (Wildman–Crippen LogP) is 4.12. The van der Waals surface area contributed by atoms with Gasteiger partial charge in [0.15, 0.2) is 36.2 Å². The van der Waals surface area contributed by atoms with Crippen LogP contribution in [0.15, 0.2) is 41.8 Å². The normalized spacial score (nSPS) is 31.9. The topological polar surface area (TPSA) is 226 Å². The van der Waals surface area contributed by atoms with E-state index in [0.29, 0.717) is 0 Å². The maximum atomic E-state index is 14.5. The molecule has 2 aromatic rings. The van der Waals surface area contributed by atoms with Crippen LogP contribution in [-0.2, 0) is 9.47 Å². The fourth-order valence-corrected chi connectivity index (χ4v) is 5.68. The molecule has 16 nitrogen and oxygen atoms in total. The molecule has 0 aliphatic carbocycles. The van der Waals surface area contributed by atoms with Crippen LogP contribution in [0.3, 0.4) is 0 Å². The number of aromatic amines is 2. The van der Waals surface area contributed by atoms with Crippen LogP contribution in [-0.4, -0.2) is 42.9 Å². The Labute approximate surface area is 262 Å². The molecule has 0 radical (unpaired) electrons. The fraction of sp³-hybridized carbons (Fsp3) is 0.636. The van der Waals surface area contributed by atoms with Crippen molar-refractivity contribution in [2.75, 3.05) is 0 Å². The van der Waals surface area contributed by atoms with Gasteiger partial charge in [-0.3, -0.25) is 28.7 Å². The highest BCUT2D eigenvalue weighted by molar-refractivity contribution is 14.1. The Morgan fingerprint density at radius 1 is 0.833 bits per heavy atom. The van der Waals surface area contributed by atoms with E-state index in [1.165, 1.54) is 12.4 Å². The van der Waals surface area contributed by atoms with Crippen LogP contribution in [0.2, 0.25) is 0 Å². The molecular weight excluding hydrogens is 792 g/mol. The van der Waals surface area contributed by atoms with Gasteiger partial charge in [-0.05, 0) is 69.1 Å². The van der Waals surface area contributed by atoms with Crippen molar-refractivity contribution in [1.82, 2.24) is 19.1 Å². The van der Waals surface area contributed by atoms with Gasteiger partial charge in [0.2, 0.25) is 0 Å². The van der Waals surface area contributed by atoms with Crippen molar-refractivity contribution in [3.05, 3.63) is 82.1 Å². The molecule has 0 aromatic carbocycles. The molecule has 42 heavy (non-hydrogen) atoms. The zero-order chi connectivity index (χ0) is 31.6. The number of nitrogens with zero attached hydrogens (tertiary/aromatic N) is 8. The summed E-state index contributed by atoms with van der Waals surface area (Å²) in [4.78, 5) is 56.0. The molecule has 0 saturated carbocycles. The van der Waals surface area contributed by atoms with Gasteiger partial charge in [0.25, 0.3) is 11.1 Å². The van der Waals surface area contributed by atoms with Crippen molar-refractivity contribution in [1.29, 1.82) is 0 Å². The Kier molecular flexibility index (Phi) is 10.6. The monoisotopic (exact) mass is 818 g/mol. The number of H-pyrrole nitrogens is 2. The van der Waals surface area contributed by atoms with Gasteiger partial charge in [-0.15, -0.1) is 0 Å². The number of aromatic nitrogens is 4. The van der Waals surface area contributed by atoms with Crippen LogP contribution in [0.5, 0.6) is 0 Å². The minimum Gasteiger partial charge on any atom is -0.342 e. The Balaban J connectivity index is 0.000000230. The first-order valence-electron chi connectivity index (χ1n) is 12.5. The molecule has 2 N–H and O–H groups in total. The molecule has 8 atom stereocenters. The van der Waals surface area contributed by atoms with E-state index >= 15 is 0 Å². The van der Waals surface area contributed by atoms with Crippen molar-refractivity contribution >= 4 is 45.2 Å². The Bertz CT molecular complexity index is 1550.